The third kappa shape index (κ3) is 5.36. The van der Waals surface area contributed by atoms with Gasteiger partial charge in [0.2, 0.25) is 0 Å². The van der Waals surface area contributed by atoms with Gasteiger partial charge < -0.3 is 17.0 Å². The number of rotatable bonds is 2. The Hall–Kier alpha value is 0.563. The molecule has 0 aliphatic rings. The normalized spacial score (nSPS) is 9.70. The van der Waals surface area contributed by atoms with E-state index in [2.05, 4.69) is 6.58 Å². The SMILES string of the molecule is C=CC(F)(F)[C](F)F.[Br-].[Zn]. The van der Waals surface area contributed by atoms with Crippen LogP contribution in [0.3, 0.4) is 0 Å². The van der Waals surface area contributed by atoms with Crippen molar-refractivity contribution >= 4 is 0 Å². The largest absolute Gasteiger partial charge is 1.00 e. The summed E-state index contributed by atoms with van der Waals surface area (Å²) in [7, 11) is 0. The van der Waals surface area contributed by atoms with E-state index in [1.165, 1.54) is 0 Å². The van der Waals surface area contributed by atoms with Gasteiger partial charge >= 0.3 is 12.3 Å². The predicted molar refractivity (Wildman–Crippen MR) is 20.6 cm³/mol. The van der Waals surface area contributed by atoms with E-state index in [0.29, 0.717) is 0 Å². The summed E-state index contributed by atoms with van der Waals surface area (Å²) >= 11 is 0. The van der Waals surface area contributed by atoms with Gasteiger partial charge in [-0.3, -0.25) is 0 Å². The van der Waals surface area contributed by atoms with Crippen molar-refractivity contribution in [1.82, 2.24) is 0 Å². The average Bonchev–Trinajstić information content (AvgIpc) is 1.67. The second-order valence-corrected chi connectivity index (χ2v) is 1.09. The molecule has 0 nitrogen and oxygen atoms in total. The molecule has 0 aromatic rings. The van der Waals surface area contributed by atoms with Gasteiger partial charge in [-0.25, -0.2) is 0 Å². The van der Waals surface area contributed by atoms with E-state index >= 15 is 0 Å². The van der Waals surface area contributed by atoms with E-state index in [1.807, 2.05) is 0 Å². The first-order valence-corrected chi connectivity index (χ1v) is 1.70. The van der Waals surface area contributed by atoms with Crippen LogP contribution in [-0.4, -0.2) is 5.92 Å². The van der Waals surface area contributed by atoms with Crippen molar-refractivity contribution in [2.45, 2.75) is 5.92 Å². The summed E-state index contributed by atoms with van der Waals surface area (Å²) in [6.45, 7) is 2.50. The first-order valence-electron chi connectivity index (χ1n) is 1.70. The maximum absolute atomic E-state index is 11.4. The molecular weight excluding hydrogens is 269 g/mol. The zero-order valence-electron chi connectivity index (χ0n) is 4.88. The fourth-order valence-corrected chi connectivity index (χ4v) is 0.0772. The standard InChI is InChI=1S/C4H3F4.BrH.Zn/c1-2-4(7,8)3(5)6;;/h2H,1H2;1H;/p-1. The summed E-state index contributed by atoms with van der Waals surface area (Å²) in [4.78, 5) is 0. The van der Waals surface area contributed by atoms with Gasteiger partial charge in [-0.05, 0) is 6.08 Å². The van der Waals surface area contributed by atoms with Crippen molar-refractivity contribution in [1.29, 1.82) is 0 Å². The molecular formula is C4H3BrF4Zn-. The van der Waals surface area contributed by atoms with Crippen molar-refractivity contribution in [3.8, 4) is 0 Å². The fourth-order valence-electron chi connectivity index (χ4n) is 0.0772. The summed E-state index contributed by atoms with van der Waals surface area (Å²) in [5.74, 6) is -4.11. The summed E-state index contributed by atoms with van der Waals surface area (Å²) in [5, 5.41) is 0. The van der Waals surface area contributed by atoms with Gasteiger partial charge in [-0.15, -0.1) is 0 Å². The maximum Gasteiger partial charge on any atom is 0.382 e. The van der Waals surface area contributed by atoms with Gasteiger partial charge in [0.1, 0.15) is 0 Å². The molecule has 0 fully saturated rings. The van der Waals surface area contributed by atoms with E-state index in [9.17, 15) is 17.6 Å². The zero-order valence-corrected chi connectivity index (χ0v) is 9.43. The smallest absolute Gasteiger partial charge is 0.382 e. The number of hydrogen-bond donors (Lipinski definition) is 0. The molecule has 0 atom stereocenters. The van der Waals surface area contributed by atoms with Crippen LogP contribution < -0.4 is 17.0 Å². The molecule has 0 aromatic heterocycles. The Balaban J connectivity index is -0.000000245. The molecule has 0 rings (SSSR count). The van der Waals surface area contributed by atoms with Crippen molar-refractivity contribution in [2.24, 2.45) is 0 Å². The van der Waals surface area contributed by atoms with Gasteiger partial charge in [0, 0.05) is 19.5 Å². The van der Waals surface area contributed by atoms with E-state index in [1.54, 1.807) is 0 Å². The van der Waals surface area contributed by atoms with E-state index in [0.717, 1.165) is 0 Å². The molecule has 0 bridgehead atoms. The molecule has 0 amide bonds. The van der Waals surface area contributed by atoms with Crippen molar-refractivity contribution in [3.63, 3.8) is 0 Å². The molecule has 0 aromatic carbocycles. The van der Waals surface area contributed by atoms with Crippen molar-refractivity contribution in [2.75, 3.05) is 0 Å². The third-order valence-corrected chi connectivity index (χ3v) is 0.508. The van der Waals surface area contributed by atoms with Crippen LogP contribution in [0.4, 0.5) is 17.6 Å². The van der Waals surface area contributed by atoms with Crippen molar-refractivity contribution < 1.29 is 54.0 Å². The van der Waals surface area contributed by atoms with Crippen LogP contribution in [0, 0.1) is 6.43 Å². The monoisotopic (exact) mass is 270 g/mol. The molecule has 0 heterocycles. The van der Waals surface area contributed by atoms with Crippen LogP contribution in [0.5, 0.6) is 0 Å². The number of alkyl halides is 2. The molecule has 6 heteroatoms. The first kappa shape index (κ1) is 16.9. The molecule has 0 aliphatic heterocycles. The second-order valence-electron chi connectivity index (χ2n) is 1.09. The van der Waals surface area contributed by atoms with E-state index in [-0.39, 0.29) is 42.5 Å². The van der Waals surface area contributed by atoms with Gasteiger partial charge in [-0.1, -0.05) is 6.58 Å². The topological polar surface area (TPSA) is 0 Å². The van der Waals surface area contributed by atoms with E-state index in [4.69, 9.17) is 0 Å². The summed E-state index contributed by atoms with van der Waals surface area (Å²) < 4.78 is 44.6. The molecule has 1 radical (unpaired) electrons. The summed E-state index contributed by atoms with van der Waals surface area (Å²) in [6, 6.07) is 0. The fraction of sp³-hybridized carbons (Fsp3) is 0.250. The van der Waals surface area contributed by atoms with Crippen LogP contribution >= 0.6 is 0 Å². The van der Waals surface area contributed by atoms with Crippen LogP contribution in [0.1, 0.15) is 0 Å². The molecule has 0 saturated heterocycles. The Bertz CT molecular complexity index is 95.3. The van der Waals surface area contributed by atoms with Crippen LogP contribution in [0.25, 0.3) is 0 Å². The minimum atomic E-state index is -4.11. The molecule has 0 spiro atoms. The number of allylic oxidation sites excluding steroid dienone is 1. The molecule has 0 saturated carbocycles. The zero-order chi connectivity index (χ0) is 6.78. The Labute approximate surface area is 79.2 Å². The molecule has 57 valence electrons. The molecule has 0 N–H and O–H groups in total. The first-order chi connectivity index (χ1) is 3.50. The Morgan fingerprint density at radius 2 is 1.60 bits per heavy atom. The van der Waals surface area contributed by atoms with Crippen molar-refractivity contribution in [3.05, 3.63) is 19.1 Å². The Morgan fingerprint density at radius 3 is 1.60 bits per heavy atom. The van der Waals surface area contributed by atoms with Gasteiger partial charge in [-0.2, -0.15) is 17.6 Å². The molecule has 0 aliphatic carbocycles. The van der Waals surface area contributed by atoms with Crippen LogP contribution in [-0.2, 0) is 19.5 Å². The minimum absolute atomic E-state index is 0. The van der Waals surface area contributed by atoms with Crippen LogP contribution in [0.2, 0.25) is 0 Å². The average molecular weight is 272 g/mol. The predicted octanol–water partition coefficient (Wildman–Crippen LogP) is -0.762. The van der Waals surface area contributed by atoms with Gasteiger partial charge in [0.25, 0.3) is 0 Å². The number of halogens is 5. The summed E-state index contributed by atoms with van der Waals surface area (Å²) in [6.07, 6.45) is -3.03. The van der Waals surface area contributed by atoms with Crippen LogP contribution in [0.15, 0.2) is 12.7 Å². The van der Waals surface area contributed by atoms with Gasteiger partial charge in [0.15, 0.2) is 0 Å². The molecule has 10 heavy (non-hydrogen) atoms. The van der Waals surface area contributed by atoms with Gasteiger partial charge in [0.05, 0.1) is 0 Å². The number of hydrogen-bond acceptors (Lipinski definition) is 0. The third-order valence-electron chi connectivity index (χ3n) is 0.508. The maximum atomic E-state index is 11.4. The Kier molecular flexibility index (Phi) is 10.6. The summed E-state index contributed by atoms with van der Waals surface area (Å²) in [5.41, 5.74) is 0. The quantitative estimate of drug-likeness (QED) is 0.352. The van der Waals surface area contributed by atoms with E-state index < -0.39 is 12.3 Å². The second kappa shape index (κ2) is 6.28. The Morgan fingerprint density at radius 1 is 1.30 bits per heavy atom. The molecule has 0 unspecified atom stereocenters. The minimum Gasteiger partial charge on any atom is -1.00 e.